The van der Waals surface area contributed by atoms with Crippen LogP contribution < -0.4 is 5.32 Å². The molecule has 0 aromatic rings. The summed E-state index contributed by atoms with van der Waals surface area (Å²) in [7, 11) is -3.13. The van der Waals surface area contributed by atoms with Gasteiger partial charge in [-0.1, -0.05) is 6.92 Å². The van der Waals surface area contributed by atoms with E-state index in [9.17, 15) is 18.0 Å². The standard InChI is InChI=1S/C11H20N2O5S/c1-2-19(17,18)8-6-12-11(16)13-7-4-3-5-9(13)10(14)15/h9H,2-8H2,1H3,(H,12,16)(H,14,15). The van der Waals surface area contributed by atoms with Crippen molar-refractivity contribution in [2.75, 3.05) is 24.6 Å². The number of carbonyl (C=O) groups is 2. The van der Waals surface area contributed by atoms with E-state index in [0.29, 0.717) is 13.0 Å². The van der Waals surface area contributed by atoms with E-state index in [1.807, 2.05) is 0 Å². The van der Waals surface area contributed by atoms with Crippen LogP contribution in [0.1, 0.15) is 26.2 Å². The molecule has 1 unspecified atom stereocenters. The Kier molecular flexibility index (Phi) is 5.59. The average molecular weight is 292 g/mol. The summed E-state index contributed by atoms with van der Waals surface area (Å²) >= 11 is 0. The second kappa shape index (κ2) is 6.74. The normalized spacial score (nSPS) is 20.1. The number of aliphatic carboxylic acids is 1. The maximum atomic E-state index is 11.8. The van der Waals surface area contributed by atoms with E-state index in [2.05, 4.69) is 5.32 Å². The molecule has 0 spiro atoms. The third kappa shape index (κ3) is 4.70. The SMILES string of the molecule is CCS(=O)(=O)CCNC(=O)N1CCCCC1C(=O)O. The Morgan fingerprint density at radius 3 is 2.63 bits per heavy atom. The van der Waals surface area contributed by atoms with Gasteiger partial charge in [-0.15, -0.1) is 0 Å². The number of piperidine rings is 1. The third-order valence-electron chi connectivity index (χ3n) is 3.18. The van der Waals surface area contributed by atoms with Crippen LogP contribution in [-0.2, 0) is 14.6 Å². The van der Waals surface area contributed by atoms with Gasteiger partial charge in [0.2, 0.25) is 0 Å². The van der Waals surface area contributed by atoms with Gasteiger partial charge in [-0.25, -0.2) is 18.0 Å². The van der Waals surface area contributed by atoms with Crippen molar-refractivity contribution in [1.82, 2.24) is 10.2 Å². The van der Waals surface area contributed by atoms with Crippen molar-refractivity contribution in [1.29, 1.82) is 0 Å². The summed E-state index contributed by atoms with van der Waals surface area (Å²) in [6, 6.07) is -1.31. The van der Waals surface area contributed by atoms with E-state index in [4.69, 9.17) is 5.11 Å². The molecular weight excluding hydrogens is 272 g/mol. The third-order valence-corrected chi connectivity index (χ3v) is 4.88. The molecular formula is C11H20N2O5S. The Morgan fingerprint density at radius 2 is 2.05 bits per heavy atom. The van der Waals surface area contributed by atoms with Gasteiger partial charge < -0.3 is 15.3 Å². The molecule has 0 aromatic carbocycles. The lowest BCUT2D eigenvalue weighted by Gasteiger charge is -2.32. The van der Waals surface area contributed by atoms with Crippen molar-refractivity contribution in [3.05, 3.63) is 0 Å². The fourth-order valence-electron chi connectivity index (χ4n) is 1.99. The molecule has 1 rings (SSSR count). The van der Waals surface area contributed by atoms with Crippen LogP contribution in [0.2, 0.25) is 0 Å². The van der Waals surface area contributed by atoms with Crippen LogP contribution in [0.15, 0.2) is 0 Å². The highest BCUT2D eigenvalue weighted by atomic mass is 32.2. The number of sulfone groups is 1. The van der Waals surface area contributed by atoms with Crippen LogP contribution in [0.4, 0.5) is 4.79 Å². The summed E-state index contributed by atoms with van der Waals surface area (Å²) in [5, 5.41) is 11.5. The molecule has 7 nitrogen and oxygen atoms in total. The van der Waals surface area contributed by atoms with Crippen molar-refractivity contribution in [2.24, 2.45) is 0 Å². The number of carbonyl (C=O) groups excluding carboxylic acids is 1. The highest BCUT2D eigenvalue weighted by molar-refractivity contribution is 7.91. The minimum absolute atomic E-state index is 0.0118. The molecule has 0 aliphatic carbocycles. The van der Waals surface area contributed by atoms with Gasteiger partial charge in [0, 0.05) is 18.8 Å². The summed E-state index contributed by atoms with van der Waals surface area (Å²) in [6.45, 7) is 1.95. The number of hydrogen-bond acceptors (Lipinski definition) is 4. The second-order valence-corrected chi connectivity index (χ2v) is 6.98. The summed E-state index contributed by atoms with van der Waals surface area (Å²) in [5.41, 5.74) is 0. The molecule has 1 aliphatic rings. The van der Waals surface area contributed by atoms with Gasteiger partial charge in [0.25, 0.3) is 0 Å². The van der Waals surface area contributed by atoms with Crippen LogP contribution in [0.3, 0.4) is 0 Å². The molecule has 0 saturated carbocycles. The minimum atomic E-state index is -3.13. The van der Waals surface area contributed by atoms with Gasteiger partial charge in [0.15, 0.2) is 9.84 Å². The van der Waals surface area contributed by atoms with Gasteiger partial charge in [-0.05, 0) is 19.3 Å². The zero-order chi connectivity index (χ0) is 14.5. The van der Waals surface area contributed by atoms with Crippen LogP contribution in [0.5, 0.6) is 0 Å². The van der Waals surface area contributed by atoms with Crippen LogP contribution in [0, 0.1) is 0 Å². The fourth-order valence-corrected chi connectivity index (χ4v) is 2.69. The van der Waals surface area contributed by atoms with Gasteiger partial charge in [-0.2, -0.15) is 0 Å². The first-order valence-corrected chi connectivity index (χ1v) is 8.17. The van der Waals surface area contributed by atoms with Crippen molar-refractivity contribution in [3.8, 4) is 0 Å². The number of hydrogen-bond donors (Lipinski definition) is 2. The number of carboxylic acids is 1. The number of likely N-dealkylation sites (tertiary alicyclic amines) is 1. The molecule has 0 bridgehead atoms. The zero-order valence-electron chi connectivity index (χ0n) is 11.0. The largest absolute Gasteiger partial charge is 0.480 e. The van der Waals surface area contributed by atoms with Crippen LogP contribution in [-0.4, -0.2) is 61.1 Å². The molecule has 0 aromatic heterocycles. The number of nitrogens with zero attached hydrogens (tertiary/aromatic N) is 1. The molecule has 0 radical (unpaired) electrons. The molecule has 1 saturated heterocycles. The Labute approximate surface area is 112 Å². The van der Waals surface area contributed by atoms with Gasteiger partial charge >= 0.3 is 12.0 Å². The number of urea groups is 1. The van der Waals surface area contributed by atoms with E-state index in [-0.39, 0.29) is 18.1 Å². The number of amides is 2. The summed E-state index contributed by atoms with van der Waals surface area (Å²) in [4.78, 5) is 24.1. The van der Waals surface area contributed by atoms with Crippen LogP contribution >= 0.6 is 0 Å². The number of nitrogens with one attached hydrogen (secondary N) is 1. The molecule has 8 heteroatoms. The fraction of sp³-hybridized carbons (Fsp3) is 0.818. The summed E-state index contributed by atoms with van der Waals surface area (Å²) < 4.78 is 22.5. The van der Waals surface area contributed by atoms with E-state index < -0.39 is 27.9 Å². The van der Waals surface area contributed by atoms with Gasteiger partial charge in [0.1, 0.15) is 6.04 Å². The van der Waals surface area contributed by atoms with E-state index in [0.717, 1.165) is 12.8 Å². The first kappa shape index (κ1) is 15.7. The maximum absolute atomic E-state index is 11.8. The summed E-state index contributed by atoms with van der Waals surface area (Å²) in [5.74, 6) is -1.11. The van der Waals surface area contributed by atoms with Gasteiger partial charge in [0.05, 0.1) is 5.75 Å². The first-order valence-electron chi connectivity index (χ1n) is 6.35. The topological polar surface area (TPSA) is 104 Å². The summed E-state index contributed by atoms with van der Waals surface area (Å²) in [6.07, 6.45) is 1.99. The molecule has 110 valence electrons. The van der Waals surface area contributed by atoms with Crippen molar-refractivity contribution in [3.63, 3.8) is 0 Å². The molecule has 1 heterocycles. The zero-order valence-corrected chi connectivity index (χ0v) is 11.8. The molecule has 19 heavy (non-hydrogen) atoms. The molecule has 1 aliphatic heterocycles. The van der Waals surface area contributed by atoms with E-state index in [1.54, 1.807) is 6.92 Å². The van der Waals surface area contributed by atoms with Crippen LogP contribution in [0.25, 0.3) is 0 Å². The molecule has 1 atom stereocenters. The van der Waals surface area contributed by atoms with Crippen molar-refractivity contribution < 1.29 is 23.1 Å². The monoisotopic (exact) mass is 292 g/mol. The maximum Gasteiger partial charge on any atom is 0.326 e. The Bertz CT molecular complexity index is 434. The molecule has 2 N–H and O–H groups in total. The minimum Gasteiger partial charge on any atom is -0.480 e. The second-order valence-electron chi connectivity index (χ2n) is 4.51. The quantitative estimate of drug-likeness (QED) is 0.746. The Hall–Kier alpha value is -1.31. The predicted molar refractivity (Wildman–Crippen MR) is 69.7 cm³/mol. The van der Waals surface area contributed by atoms with E-state index in [1.165, 1.54) is 4.90 Å². The first-order chi connectivity index (χ1) is 8.87. The molecule has 2 amide bonds. The number of rotatable bonds is 5. The highest BCUT2D eigenvalue weighted by Gasteiger charge is 2.31. The molecule has 1 fully saturated rings. The lowest BCUT2D eigenvalue weighted by Crippen LogP contribution is -2.52. The lowest BCUT2D eigenvalue weighted by molar-refractivity contribution is -0.143. The van der Waals surface area contributed by atoms with E-state index >= 15 is 0 Å². The van der Waals surface area contributed by atoms with Gasteiger partial charge in [-0.3, -0.25) is 0 Å². The lowest BCUT2D eigenvalue weighted by atomic mass is 10.0. The highest BCUT2D eigenvalue weighted by Crippen LogP contribution is 2.17. The average Bonchev–Trinajstić information content (AvgIpc) is 2.38. The van der Waals surface area contributed by atoms with Crippen molar-refractivity contribution in [2.45, 2.75) is 32.2 Å². The smallest absolute Gasteiger partial charge is 0.326 e. The Balaban J connectivity index is 2.50. The van der Waals surface area contributed by atoms with Crippen molar-refractivity contribution >= 4 is 21.8 Å². The predicted octanol–water partition coefficient (Wildman–Crippen LogP) is 0.0698. The Morgan fingerprint density at radius 1 is 1.37 bits per heavy atom. The number of carboxylic acid groups (broad SMARTS) is 1.